The molecule has 2 rings (SSSR count). The topological polar surface area (TPSA) is 102 Å². The first-order valence-corrected chi connectivity index (χ1v) is 10.2. The molecule has 0 saturated carbocycles. The summed E-state index contributed by atoms with van der Waals surface area (Å²) in [6, 6.07) is 5.75. The largest absolute Gasteiger partial charge is 0.378 e. The molecule has 1 fully saturated rings. The highest BCUT2D eigenvalue weighted by atomic mass is 35.5. The summed E-state index contributed by atoms with van der Waals surface area (Å²) in [4.78, 5) is 14.2. The first-order valence-electron chi connectivity index (χ1n) is 8.67. The molecule has 1 aromatic rings. The van der Waals surface area contributed by atoms with E-state index >= 15 is 0 Å². The van der Waals surface area contributed by atoms with E-state index in [9.17, 15) is 13.2 Å². The Hall–Kier alpha value is -1.19. The number of benzene rings is 1. The molecule has 1 unspecified atom stereocenters. The molecule has 148 valence electrons. The lowest BCUT2D eigenvalue weighted by atomic mass is 10.1. The number of nitrogens with one attached hydrogen (secondary N) is 1. The van der Waals surface area contributed by atoms with Gasteiger partial charge in [-0.3, -0.25) is 4.79 Å². The molecule has 1 aromatic carbocycles. The quantitative estimate of drug-likeness (QED) is 0.680. The van der Waals surface area contributed by atoms with Crippen molar-refractivity contribution in [3.63, 3.8) is 0 Å². The molecular formula is C17H28ClN3O4S. The summed E-state index contributed by atoms with van der Waals surface area (Å²) in [6.45, 7) is 4.46. The van der Waals surface area contributed by atoms with Gasteiger partial charge in [0.15, 0.2) is 0 Å². The van der Waals surface area contributed by atoms with Gasteiger partial charge in [-0.05, 0) is 30.7 Å². The fraction of sp³-hybridized carbons (Fsp3) is 0.588. The second-order valence-corrected chi connectivity index (χ2v) is 7.84. The van der Waals surface area contributed by atoms with Crippen LogP contribution in [0.3, 0.4) is 0 Å². The van der Waals surface area contributed by atoms with Crippen LogP contribution in [0.5, 0.6) is 0 Å². The molecule has 1 aliphatic rings. The van der Waals surface area contributed by atoms with Crippen molar-refractivity contribution in [2.75, 3.05) is 32.8 Å². The highest BCUT2D eigenvalue weighted by Crippen LogP contribution is 2.14. The zero-order chi connectivity index (χ0) is 18.3. The van der Waals surface area contributed by atoms with Crippen LogP contribution in [0.15, 0.2) is 29.2 Å². The molecule has 1 amide bonds. The van der Waals surface area contributed by atoms with Crippen LogP contribution in [0.25, 0.3) is 0 Å². The van der Waals surface area contributed by atoms with Gasteiger partial charge in [0, 0.05) is 31.2 Å². The molecule has 0 spiro atoms. The molecule has 1 aliphatic heterocycles. The molecule has 1 atom stereocenters. The number of nitrogens with zero attached hydrogens (tertiary/aromatic N) is 1. The van der Waals surface area contributed by atoms with Gasteiger partial charge in [-0.1, -0.05) is 19.8 Å². The van der Waals surface area contributed by atoms with E-state index < -0.39 is 10.0 Å². The zero-order valence-corrected chi connectivity index (χ0v) is 16.7. The van der Waals surface area contributed by atoms with Gasteiger partial charge in [0.05, 0.1) is 18.1 Å². The summed E-state index contributed by atoms with van der Waals surface area (Å²) in [5.74, 6) is -0.108. The number of nitrogens with two attached hydrogens (primary N) is 1. The minimum atomic E-state index is -3.64. The Balaban J connectivity index is 0.00000338. The average molecular weight is 406 g/mol. The number of halogens is 1. The van der Waals surface area contributed by atoms with Gasteiger partial charge >= 0.3 is 0 Å². The molecule has 0 aromatic heterocycles. The maximum atomic E-state index is 12.5. The van der Waals surface area contributed by atoms with Crippen LogP contribution in [-0.4, -0.2) is 58.1 Å². The van der Waals surface area contributed by atoms with Crippen molar-refractivity contribution in [3.8, 4) is 0 Å². The molecule has 1 heterocycles. The molecular weight excluding hydrogens is 378 g/mol. The third-order valence-corrected chi connectivity index (χ3v) is 5.76. The van der Waals surface area contributed by atoms with E-state index in [4.69, 9.17) is 10.5 Å². The Kier molecular flexibility index (Phi) is 9.52. The summed E-state index contributed by atoms with van der Waals surface area (Å²) in [6.07, 6.45) is 2.60. The number of rotatable bonds is 8. The minimum Gasteiger partial charge on any atom is -0.378 e. The van der Waals surface area contributed by atoms with E-state index in [1.54, 1.807) is 17.0 Å². The lowest BCUT2D eigenvalue weighted by molar-refractivity contribution is 0.0303. The number of carbonyl (C=O) groups is 1. The van der Waals surface area contributed by atoms with Crippen LogP contribution in [0.2, 0.25) is 0 Å². The number of ether oxygens (including phenoxy) is 1. The second-order valence-electron chi connectivity index (χ2n) is 6.13. The number of hydrogen-bond acceptors (Lipinski definition) is 5. The van der Waals surface area contributed by atoms with Gasteiger partial charge in [0.25, 0.3) is 5.91 Å². The average Bonchev–Trinajstić information content (AvgIpc) is 2.65. The van der Waals surface area contributed by atoms with E-state index in [2.05, 4.69) is 4.72 Å². The third-order valence-electron chi connectivity index (χ3n) is 4.22. The molecule has 0 aliphatic carbocycles. The van der Waals surface area contributed by atoms with Crippen molar-refractivity contribution in [3.05, 3.63) is 29.8 Å². The maximum Gasteiger partial charge on any atom is 0.254 e. The molecule has 0 bridgehead atoms. The predicted molar refractivity (Wildman–Crippen MR) is 103 cm³/mol. The fourth-order valence-electron chi connectivity index (χ4n) is 2.69. The van der Waals surface area contributed by atoms with Crippen LogP contribution in [0.4, 0.5) is 0 Å². The highest BCUT2D eigenvalue weighted by Gasteiger charge is 2.21. The van der Waals surface area contributed by atoms with Gasteiger partial charge in [0.1, 0.15) is 0 Å². The van der Waals surface area contributed by atoms with Gasteiger partial charge < -0.3 is 15.4 Å². The predicted octanol–water partition coefficient (Wildman–Crippen LogP) is 1.38. The summed E-state index contributed by atoms with van der Waals surface area (Å²) in [5, 5.41) is 0. The Bertz CT molecular complexity index is 661. The Morgan fingerprint density at radius 3 is 2.42 bits per heavy atom. The standard InChI is InChI=1S/C17H27N3O4S.ClH/c1-2-3-4-15(13-18)19-25(22,23)16-7-5-14(6-8-16)17(21)20-9-11-24-12-10-20;/h5-8,15,19H,2-4,9-13,18H2,1H3;1H. The lowest BCUT2D eigenvalue weighted by Gasteiger charge is -2.26. The third kappa shape index (κ3) is 6.21. The van der Waals surface area contributed by atoms with Crippen LogP contribution in [0.1, 0.15) is 36.5 Å². The van der Waals surface area contributed by atoms with Crippen molar-refractivity contribution in [1.82, 2.24) is 9.62 Å². The lowest BCUT2D eigenvalue weighted by Crippen LogP contribution is -2.41. The summed E-state index contributed by atoms with van der Waals surface area (Å²) in [7, 11) is -3.64. The first kappa shape index (κ1) is 22.9. The van der Waals surface area contributed by atoms with Crippen molar-refractivity contribution in [2.24, 2.45) is 5.73 Å². The first-order chi connectivity index (χ1) is 12.0. The number of hydrogen-bond donors (Lipinski definition) is 2. The number of amides is 1. The van der Waals surface area contributed by atoms with Crippen molar-refractivity contribution < 1.29 is 17.9 Å². The zero-order valence-electron chi connectivity index (χ0n) is 15.0. The van der Waals surface area contributed by atoms with Crippen molar-refractivity contribution >= 4 is 28.3 Å². The SMILES string of the molecule is CCCCC(CN)NS(=O)(=O)c1ccc(C(=O)N2CCOCC2)cc1.Cl. The smallest absolute Gasteiger partial charge is 0.254 e. The van der Waals surface area contributed by atoms with Crippen molar-refractivity contribution in [1.29, 1.82) is 0 Å². The number of morpholine rings is 1. The van der Waals surface area contributed by atoms with E-state index in [-0.39, 0.29) is 35.8 Å². The highest BCUT2D eigenvalue weighted by molar-refractivity contribution is 7.89. The molecule has 0 radical (unpaired) electrons. The maximum absolute atomic E-state index is 12.5. The van der Waals surface area contributed by atoms with Crippen LogP contribution in [0, 0.1) is 0 Å². The summed E-state index contributed by atoms with van der Waals surface area (Å²) >= 11 is 0. The molecule has 9 heteroatoms. The minimum absolute atomic E-state index is 0. The summed E-state index contributed by atoms with van der Waals surface area (Å²) in [5.41, 5.74) is 6.13. The van der Waals surface area contributed by atoms with E-state index in [1.807, 2.05) is 6.92 Å². The number of unbranched alkanes of at least 4 members (excludes halogenated alkanes) is 1. The monoisotopic (exact) mass is 405 g/mol. The van der Waals surface area contributed by atoms with Gasteiger partial charge in [-0.2, -0.15) is 0 Å². The van der Waals surface area contributed by atoms with Crippen LogP contribution in [-0.2, 0) is 14.8 Å². The number of carbonyl (C=O) groups excluding carboxylic acids is 1. The van der Waals surface area contributed by atoms with E-state index in [0.29, 0.717) is 38.3 Å². The molecule has 7 nitrogen and oxygen atoms in total. The Labute approximate surface area is 161 Å². The molecule has 1 saturated heterocycles. The van der Waals surface area contributed by atoms with Crippen LogP contribution < -0.4 is 10.5 Å². The van der Waals surface area contributed by atoms with Gasteiger partial charge in [0.2, 0.25) is 10.0 Å². The Morgan fingerprint density at radius 1 is 1.27 bits per heavy atom. The molecule has 3 N–H and O–H groups in total. The fourth-order valence-corrected chi connectivity index (χ4v) is 3.97. The van der Waals surface area contributed by atoms with Gasteiger partial charge in [-0.25, -0.2) is 13.1 Å². The van der Waals surface area contributed by atoms with Crippen molar-refractivity contribution in [2.45, 2.75) is 37.1 Å². The normalized spacial score (nSPS) is 16.0. The van der Waals surface area contributed by atoms with Crippen LogP contribution >= 0.6 is 12.4 Å². The number of sulfonamides is 1. The summed E-state index contributed by atoms with van der Waals surface area (Å²) < 4.78 is 32.8. The van der Waals surface area contributed by atoms with Gasteiger partial charge in [-0.15, -0.1) is 12.4 Å². The Morgan fingerprint density at radius 2 is 1.88 bits per heavy atom. The van der Waals surface area contributed by atoms with E-state index in [1.165, 1.54) is 12.1 Å². The molecule has 26 heavy (non-hydrogen) atoms. The van der Waals surface area contributed by atoms with E-state index in [0.717, 1.165) is 12.8 Å². The second kappa shape index (κ2) is 10.8.